The third-order valence-electron chi connectivity index (χ3n) is 2.70. The maximum Gasteiger partial charge on any atom is 0.247 e. The molecule has 2 aromatic rings. The zero-order valence-electron chi connectivity index (χ0n) is 10.5. The van der Waals surface area contributed by atoms with Crippen molar-refractivity contribution < 1.29 is 8.81 Å². The third-order valence-corrected chi connectivity index (χ3v) is 2.70. The van der Waals surface area contributed by atoms with Crippen molar-refractivity contribution in [3.63, 3.8) is 0 Å². The Balaban J connectivity index is 2.11. The lowest BCUT2D eigenvalue weighted by molar-refractivity contribution is 0.494. The van der Waals surface area contributed by atoms with Gasteiger partial charge in [-0.3, -0.25) is 0 Å². The van der Waals surface area contributed by atoms with Gasteiger partial charge in [0, 0.05) is 12.0 Å². The van der Waals surface area contributed by atoms with Crippen LogP contribution in [0.25, 0.3) is 11.5 Å². The van der Waals surface area contributed by atoms with Crippen LogP contribution in [0.15, 0.2) is 22.6 Å². The summed E-state index contributed by atoms with van der Waals surface area (Å²) in [6.07, 6.45) is 1.66. The van der Waals surface area contributed by atoms with Gasteiger partial charge in [0.05, 0.1) is 0 Å². The molecule has 1 heterocycles. The highest BCUT2D eigenvalue weighted by Gasteiger charge is 2.09. The Kier molecular flexibility index (Phi) is 4.04. The highest BCUT2D eigenvalue weighted by molar-refractivity contribution is 5.53. The van der Waals surface area contributed by atoms with Crippen LogP contribution in [0.2, 0.25) is 0 Å². The van der Waals surface area contributed by atoms with Gasteiger partial charge in [-0.05, 0) is 44.6 Å². The van der Waals surface area contributed by atoms with E-state index >= 15 is 0 Å². The van der Waals surface area contributed by atoms with Gasteiger partial charge in [0.15, 0.2) is 0 Å². The molecule has 1 aromatic heterocycles. The van der Waals surface area contributed by atoms with E-state index < -0.39 is 0 Å². The van der Waals surface area contributed by atoms with Crippen LogP contribution in [0.1, 0.15) is 17.9 Å². The molecule has 0 saturated heterocycles. The van der Waals surface area contributed by atoms with E-state index in [9.17, 15) is 4.39 Å². The number of hydrogen-bond acceptors (Lipinski definition) is 4. The number of aromatic nitrogens is 2. The Hall–Kier alpha value is -1.75. The lowest BCUT2D eigenvalue weighted by atomic mass is 10.1. The molecule has 0 aliphatic carbocycles. The number of nitrogens with zero attached hydrogens (tertiary/aromatic N) is 2. The van der Waals surface area contributed by atoms with Crippen LogP contribution in [0, 0.1) is 12.7 Å². The first kappa shape index (κ1) is 12.7. The first-order valence-electron chi connectivity index (χ1n) is 5.94. The average molecular weight is 249 g/mol. The molecule has 1 aromatic carbocycles. The third kappa shape index (κ3) is 2.92. The van der Waals surface area contributed by atoms with Crippen molar-refractivity contribution in [3.8, 4) is 11.5 Å². The van der Waals surface area contributed by atoms with Gasteiger partial charge >= 0.3 is 0 Å². The van der Waals surface area contributed by atoms with Crippen molar-refractivity contribution in [2.24, 2.45) is 0 Å². The van der Waals surface area contributed by atoms with E-state index in [1.807, 2.05) is 7.05 Å². The Labute approximate surface area is 105 Å². The van der Waals surface area contributed by atoms with Crippen LogP contribution in [-0.2, 0) is 6.42 Å². The van der Waals surface area contributed by atoms with Crippen LogP contribution >= 0.6 is 0 Å². The lowest BCUT2D eigenvalue weighted by Crippen LogP contribution is -2.08. The number of hydrogen-bond donors (Lipinski definition) is 1. The number of rotatable bonds is 5. The minimum absolute atomic E-state index is 0.262. The van der Waals surface area contributed by atoms with E-state index in [1.54, 1.807) is 19.1 Å². The SMILES string of the molecule is CNCCCc1nnc(-c2ccc(C)c(F)c2)o1. The summed E-state index contributed by atoms with van der Waals surface area (Å²) in [6, 6.07) is 4.90. The minimum atomic E-state index is -0.262. The quantitative estimate of drug-likeness (QED) is 0.826. The smallest absolute Gasteiger partial charge is 0.247 e. The van der Waals surface area contributed by atoms with Gasteiger partial charge in [-0.2, -0.15) is 0 Å². The number of benzene rings is 1. The van der Waals surface area contributed by atoms with Crippen molar-refractivity contribution in [2.75, 3.05) is 13.6 Å². The zero-order chi connectivity index (χ0) is 13.0. The molecular weight excluding hydrogens is 233 g/mol. The van der Waals surface area contributed by atoms with Gasteiger partial charge in [0.2, 0.25) is 11.8 Å². The van der Waals surface area contributed by atoms with Crippen LogP contribution in [0.5, 0.6) is 0 Å². The van der Waals surface area contributed by atoms with Crippen molar-refractivity contribution in [2.45, 2.75) is 19.8 Å². The second-order valence-electron chi connectivity index (χ2n) is 4.17. The fraction of sp³-hybridized carbons (Fsp3) is 0.385. The van der Waals surface area contributed by atoms with Crippen molar-refractivity contribution in [1.29, 1.82) is 0 Å². The summed E-state index contributed by atoms with van der Waals surface area (Å²) >= 11 is 0. The predicted molar refractivity (Wildman–Crippen MR) is 66.7 cm³/mol. The summed E-state index contributed by atoms with van der Waals surface area (Å²) in [6.45, 7) is 2.62. The molecule has 18 heavy (non-hydrogen) atoms. The molecule has 0 atom stereocenters. The largest absolute Gasteiger partial charge is 0.421 e. The van der Waals surface area contributed by atoms with Crippen LogP contribution in [0.3, 0.4) is 0 Å². The highest BCUT2D eigenvalue weighted by Crippen LogP contribution is 2.20. The van der Waals surface area contributed by atoms with Gasteiger partial charge in [-0.15, -0.1) is 10.2 Å². The van der Waals surface area contributed by atoms with Crippen LogP contribution < -0.4 is 5.32 Å². The molecule has 0 spiro atoms. The van der Waals surface area contributed by atoms with E-state index in [1.165, 1.54) is 6.07 Å². The second-order valence-corrected chi connectivity index (χ2v) is 4.17. The average Bonchev–Trinajstić information content (AvgIpc) is 2.82. The minimum Gasteiger partial charge on any atom is -0.421 e. The summed E-state index contributed by atoms with van der Waals surface area (Å²) in [5.74, 6) is 0.692. The second kappa shape index (κ2) is 5.73. The Morgan fingerprint density at radius 3 is 2.89 bits per heavy atom. The van der Waals surface area contributed by atoms with Crippen molar-refractivity contribution in [3.05, 3.63) is 35.5 Å². The topological polar surface area (TPSA) is 51.0 Å². The van der Waals surface area contributed by atoms with Crippen LogP contribution in [0.4, 0.5) is 4.39 Å². The lowest BCUT2D eigenvalue weighted by Gasteiger charge is -1.98. The van der Waals surface area contributed by atoms with Crippen molar-refractivity contribution in [1.82, 2.24) is 15.5 Å². The van der Waals surface area contributed by atoms with E-state index in [0.717, 1.165) is 19.4 Å². The number of nitrogens with one attached hydrogen (secondary N) is 1. The zero-order valence-corrected chi connectivity index (χ0v) is 10.5. The maximum atomic E-state index is 13.4. The fourth-order valence-corrected chi connectivity index (χ4v) is 1.61. The summed E-state index contributed by atoms with van der Waals surface area (Å²) in [7, 11) is 1.90. The highest BCUT2D eigenvalue weighted by atomic mass is 19.1. The molecule has 0 radical (unpaired) electrons. The summed E-state index contributed by atoms with van der Waals surface area (Å²) in [5.41, 5.74) is 1.22. The Bertz CT molecular complexity index is 525. The molecule has 2 rings (SSSR count). The first-order valence-corrected chi connectivity index (χ1v) is 5.94. The van der Waals surface area contributed by atoms with Gasteiger partial charge in [0.1, 0.15) is 5.82 Å². The molecule has 0 aliphatic rings. The predicted octanol–water partition coefficient (Wildman–Crippen LogP) is 2.34. The van der Waals surface area contributed by atoms with Gasteiger partial charge < -0.3 is 9.73 Å². The van der Waals surface area contributed by atoms with E-state index in [0.29, 0.717) is 22.9 Å². The first-order chi connectivity index (χ1) is 8.70. The molecule has 0 bridgehead atoms. The molecular formula is C13H16FN3O. The molecule has 0 fully saturated rings. The summed E-state index contributed by atoms with van der Waals surface area (Å²) < 4.78 is 18.9. The standard InChI is InChI=1S/C13H16FN3O/c1-9-5-6-10(8-11(9)14)13-17-16-12(18-13)4-3-7-15-2/h5-6,8,15H,3-4,7H2,1-2H3. The Morgan fingerprint density at radius 1 is 1.33 bits per heavy atom. The Morgan fingerprint density at radius 2 is 2.17 bits per heavy atom. The van der Waals surface area contributed by atoms with Gasteiger partial charge in [0.25, 0.3) is 0 Å². The molecule has 96 valence electrons. The van der Waals surface area contributed by atoms with Gasteiger partial charge in [-0.1, -0.05) is 6.07 Å². The van der Waals surface area contributed by atoms with E-state index in [2.05, 4.69) is 15.5 Å². The van der Waals surface area contributed by atoms with Crippen LogP contribution in [-0.4, -0.2) is 23.8 Å². The summed E-state index contributed by atoms with van der Waals surface area (Å²) in [4.78, 5) is 0. The molecule has 1 N–H and O–H groups in total. The molecule has 0 saturated carbocycles. The van der Waals surface area contributed by atoms with E-state index in [4.69, 9.17) is 4.42 Å². The normalized spacial score (nSPS) is 10.8. The maximum absolute atomic E-state index is 13.4. The number of aryl methyl sites for hydroxylation is 2. The van der Waals surface area contributed by atoms with E-state index in [-0.39, 0.29) is 5.82 Å². The monoisotopic (exact) mass is 249 g/mol. The molecule has 0 aliphatic heterocycles. The fourth-order valence-electron chi connectivity index (χ4n) is 1.61. The van der Waals surface area contributed by atoms with Crippen molar-refractivity contribution >= 4 is 0 Å². The van der Waals surface area contributed by atoms with Gasteiger partial charge in [-0.25, -0.2) is 4.39 Å². The molecule has 5 heteroatoms. The number of halogens is 1. The summed E-state index contributed by atoms with van der Waals surface area (Å²) in [5, 5.41) is 10.9. The molecule has 0 amide bonds. The molecule has 4 nitrogen and oxygen atoms in total. The molecule has 0 unspecified atom stereocenters.